The van der Waals surface area contributed by atoms with Crippen LogP contribution in [0.2, 0.25) is 0 Å². The lowest BCUT2D eigenvalue weighted by atomic mass is 10.0. The number of methoxy groups -OCH3 is 1. The number of carbonyl (C=O) groups is 1. The van der Waals surface area contributed by atoms with Gasteiger partial charge in [0.2, 0.25) is 0 Å². The molecule has 0 aliphatic heterocycles. The monoisotopic (exact) mass is 355 g/mol. The fourth-order valence-electron chi connectivity index (χ4n) is 1.20. The number of carbonyl (C=O) groups excluding carboxylic acids is 1. The number of nitriles is 1. The first-order valence-electron chi connectivity index (χ1n) is 4.21. The molecule has 0 amide bonds. The lowest BCUT2D eigenvalue weighted by Gasteiger charge is -2.13. The van der Waals surface area contributed by atoms with Crippen LogP contribution in [0.15, 0.2) is 12.1 Å². The minimum Gasteiger partial charge on any atom is -0.465 e. The quantitative estimate of drug-likeness (QED) is 0.575. The van der Waals surface area contributed by atoms with Crippen LogP contribution in [0.3, 0.4) is 0 Å². The van der Waals surface area contributed by atoms with Crippen LogP contribution in [0.4, 0.5) is 13.2 Å². The minimum absolute atomic E-state index is 0.000926. The van der Waals surface area contributed by atoms with Crippen molar-refractivity contribution in [1.29, 1.82) is 5.26 Å². The lowest BCUT2D eigenvalue weighted by Crippen LogP contribution is -2.16. The highest BCUT2D eigenvalue weighted by Gasteiger charge is 2.37. The number of benzene rings is 1. The second kappa shape index (κ2) is 4.91. The van der Waals surface area contributed by atoms with Gasteiger partial charge in [-0.15, -0.1) is 0 Å². The minimum atomic E-state index is -4.67. The molecule has 0 radical (unpaired) electrons. The molecule has 0 atom stereocenters. The molecule has 0 saturated heterocycles. The highest BCUT2D eigenvalue weighted by Crippen LogP contribution is 2.35. The normalized spacial score (nSPS) is 10.8. The number of nitrogens with zero attached hydrogens (tertiary/aromatic N) is 1. The van der Waals surface area contributed by atoms with Crippen molar-refractivity contribution in [3.63, 3.8) is 0 Å². The van der Waals surface area contributed by atoms with E-state index in [1.54, 1.807) is 6.07 Å². The number of ether oxygens (including phenoxy) is 1. The van der Waals surface area contributed by atoms with Crippen LogP contribution in [0.5, 0.6) is 0 Å². The topological polar surface area (TPSA) is 50.1 Å². The summed E-state index contributed by atoms with van der Waals surface area (Å²) < 4.78 is 42.2. The Labute approximate surface area is 108 Å². The van der Waals surface area contributed by atoms with Crippen molar-refractivity contribution < 1.29 is 22.7 Å². The van der Waals surface area contributed by atoms with E-state index in [9.17, 15) is 18.0 Å². The molecule has 90 valence electrons. The molecular weight excluding hydrogens is 350 g/mol. The zero-order chi connectivity index (χ0) is 13.2. The van der Waals surface area contributed by atoms with Gasteiger partial charge in [0.05, 0.1) is 23.8 Å². The first kappa shape index (κ1) is 13.8. The van der Waals surface area contributed by atoms with Crippen LogP contribution < -0.4 is 0 Å². The molecular formula is C10H5F3INO2. The Morgan fingerprint density at radius 1 is 1.47 bits per heavy atom. The number of esters is 1. The summed E-state index contributed by atoms with van der Waals surface area (Å²) in [5.74, 6) is -1.11. The Bertz CT molecular complexity index is 505. The third kappa shape index (κ3) is 2.69. The molecule has 1 aromatic rings. The summed E-state index contributed by atoms with van der Waals surface area (Å²) in [5.41, 5.74) is -1.73. The summed E-state index contributed by atoms with van der Waals surface area (Å²) in [4.78, 5) is 11.3. The van der Waals surface area contributed by atoms with E-state index in [0.29, 0.717) is 6.07 Å². The van der Waals surface area contributed by atoms with Gasteiger partial charge in [-0.3, -0.25) is 0 Å². The Hall–Kier alpha value is -1.30. The molecule has 0 heterocycles. The van der Waals surface area contributed by atoms with Gasteiger partial charge in [0.1, 0.15) is 6.07 Å². The van der Waals surface area contributed by atoms with Crippen LogP contribution in [0.25, 0.3) is 0 Å². The standard InChI is InChI=1S/C10H5F3INO2/c1-17-9(16)7-6(10(11,12)13)3-2-5(4-15)8(7)14/h2-3H,1H3. The fraction of sp³-hybridized carbons (Fsp3) is 0.200. The van der Waals surface area contributed by atoms with Crippen molar-refractivity contribution in [3.8, 4) is 6.07 Å². The molecule has 0 saturated carbocycles. The SMILES string of the molecule is COC(=O)c1c(C(F)(F)F)ccc(C#N)c1I. The molecule has 17 heavy (non-hydrogen) atoms. The summed E-state index contributed by atoms with van der Waals surface area (Å²) in [5, 5.41) is 8.70. The van der Waals surface area contributed by atoms with Crippen molar-refractivity contribution in [2.45, 2.75) is 6.18 Å². The van der Waals surface area contributed by atoms with Crippen LogP contribution in [-0.4, -0.2) is 13.1 Å². The zero-order valence-corrected chi connectivity index (χ0v) is 10.6. The summed E-state index contributed by atoms with van der Waals surface area (Å²) in [6.07, 6.45) is -4.67. The van der Waals surface area contributed by atoms with Crippen LogP contribution >= 0.6 is 22.6 Å². The Morgan fingerprint density at radius 3 is 2.47 bits per heavy atom. The third-order valence-corrected chi connectivity index (χ3v) is 3.08. The van der Waals surface area contributed by atoms with Gasteiger partial charge >= 0.3 is 12.1 Å². The van der Waals surface area contributed by atoms with Crippen molar-refractivity contribution in [2.75, 3.05) is 7.11 Å². The summed E-state index contributed by atoms with van der Waals surface area (Å²) in [6.45, 7) is 0. The molecule has 0 aliphatic carbocycles. The average molecular weight is 355 g/mol. The number of hydrogen-bond donors (Lipinski definition) is 0. The van der Waals surface area contributed by atoms with E-state index in [4.69, 9.17) is 5.26 Å². The molecule has 0 unspecified atom stereocenters. The zero-order valence-electron chi connectivity index (χ0n) is 8.43. The van der Waals surface area contributed by atoms with E-state index in [2.05, 4.69) is 4.74 Å². The van der Waals surface area contributed by atoms with Gasteiger partial charge in [-0.2, -0.15) is 18.4 Å². The van der Waals surface area contributed by atoms with Crippen molar-refractivity contribution in [3.05, 3.63) is 32.4 Å². The van der Waals surface area contributed by atoms with E-state index in [0.717, 1.165) is 13.2 Å². The molecule has 0 aromatic heterocycles. The maximum Gasteiger partial charge on any atom is 0.417 e. The van der Waals surface area contributed by atoms with Crippen molar-refractivity contribution in [1.82, 2.24) is 0 Å². The maximum atomic E-state index is 12.7. The van der Waals surface area contributed by atoms with Crippen molar-refractivity contribution >= 4 is 28.6 Å². The lowest BCUT2D eigenvalue weighted by molar-refractivity contribution is -0.138. The Morgan fingerprint density at radius 2 is 2.06 bits per heavy atom. The molecule has 0 N–H and O–H groups in total. The first-order chi connectivity index (χ1) is 7.82. The number of halogens is 4. The van der Waals surface area contributed by atoms with Crippen LogP contribution in [0, 0.1) is 14.9 Å². The first-order valence-corrected chi connectivity index (χ1v) is 5.29. The molecule has 0 aliphatic rings. The average Bonchev–Trinajstić information content (AvgIpc) is 2.26. The van der Waals surface area contributed by atoms with Crippen LogP contribution in [0.1, 0.15) is 21.5 Å². The van der Waals surface area contributed by atoms with Gasteiger partial charge in [0, 0.05) is 3.57 Å². The molecule has 7 heteroatoms. The molecule has 3 nitrogen and oxygen atoms in total. The highest BCUT2D eigenvalue weighted by molar-refractivity contribution is 14.1. The second-order valence-corrected chi connectivity index (χ2v) is 4.03. The van der Waals surface area contributed by atoms with E-state index in [1.165, 1.54) is 22.6 Å². The Kier molecular flexibility index (Phi) is 3.98. The van der Waals surface area contributed by atoms with E-state index >= 15 is 0 Å². The molecule has 0 bridgehead atoms. The van der Waals surface area contributed by atoms with E-state index < -0.39 is 23.3 Å². The smallest absolute Gasteiger partial charge is 0.417 e. The number of hydrogen-bond acceptors (Lipinski definition) is 3. The highest BCUT2D eigenvalue weighted by atomic mass is 127. The largest absolute Gasteiger partial charge is 0.465 e. The van der Waals surface area contributed by atoms with Gasteiger partial charge in [0.25, 0.3) is 0 Å². The number of rotatable bonds is 1. The third-order valence-electron chi connectivity index (χ3n) is 1.96. The predicted molar refractivity (Wildman–Crippen MR) is 60.2 cm³/mol. The molecule has 1 aromatic carbocycles. The Balaban J connectivity index is 3.60. The summed E-state index contributed by atoms with van der Waals surface area (Å²) >= 11 is 1.52. The van der Waals surface area contributed by atoms with Crippen molar-refractivity contribution in [2.24, 2.45) is 0 Å². The second-order valence-electron chi connectivity index (χ2n) is 2.95. The maximum absolute atomic E-state index is 12.7. The van der Waals surface area contributed by atoms with Gasteiger partial charge in [0.15, 0.2) is 0 Å². The van der Waals surface area contributed by atoms with Gasteiger partial charge < -0.3 is 4.74 Å². The summed E-state index contributed by atoms with van der Waals surface area (Å²) in [7, 11) is 0.984. The van der Waals surface area contributed by atoms with E-state index in [1.807, 2.05) is 0 Å². The fourth-order valence-corrected chi connectivity index (χ4v) is 2.01. The predicted octanol–water partition coefficient (Wildman–Crippen LogP) is 2.97. The van der Waals surface area contributed by atoms with E-state index in [-0.39, 0.29) is 9.13 Å². The molecule has 0 fully saturated rings. The van der Waals surface area contributed by atoms with Gasteiger partial charge in [-0.25, -0.2) is 4.79 Å². The summed E-state index contributed by atoms with van der Waals surface area (Å²) in [6, 6.07) is 3.44. The van der Waals surface area contributed by atoms with Gasteiger partial charge in [-0.05, 0) is 34.7 Å². The van der Waals surface area contributed by atoms with Gasteiger partial charge in [-0.1, -0.05) is 0 Å². The number of alkyl halides is 3. The van der Waals surface area contributed by atoms with Crippen LogP contribution in [-0.2, 0) is 10.9 Å². The molecule has 0 spiro atoms. The molecule has 1 rings (SSSR count).